The van der Waals surface area contributed by atoms with Crippen LogP contribution in [0.5, 0.6) is 11.5 Å². The monoisotopic (exact) mass is 592 g/mol. The van der Waals surface area contributed by atoms with Crippen molar-refractivity contribution in [1.29, 1.82) is 0 Å². The second-order valence-corrected chi connectivity index (χ2v) is 10.9. The lowest BCUT2D eigenvalue weighted by atomic mass is 10.0. The van der Waals surface area contributed by atoms with Gasteiger partial charge in [0.25, 0.3) is 0 Å². The molecule has 0 heterocycles. The maximum atomic E-state index is 13.9. The van der Waals surface area contributed by atoms with Gasteiger partial charge in [-0.1, -0.05) is 77.3 Å². The molecule has 2 amide bonds. The molecule has 3 aromatic rings. The Kier molecular flexibility index (Phi) is 10.4. The highest BCUT2D eigenvalue weighted by Crippen LogP contribution is 2.28. The third-order valence-corrected chi connectivity index (χ3v) is 7.84. The fourth-order valence-electron chi connectivity index (χ4n) is 5.14. The summed E-state index contributed by atoms with van der Waals surface area (Å²) in [6.07, 6.45) is 5.49. The number of carbonyl (C=O) groups excluding carboxylic acids is 2. The summed E-state index contributed by atoms with van der Waals surface area (Å²) >= 11 is 3.49. The van der Waals surface area contributed by atoms with E-state index >= 15 is 0 Å². The van der Waals surface area contributed by atoms with Crippen molar-refractivity contribution in [1.82, 2.24) is 10.2 Å². The molecule has 0 aliphatic heterocycles. The lowest BCUT2D eigenvalue weighted by molar-refractivity contribution is -0.141. The van der Waals surface area contributed by atoms with Crippen molar-refractivity contribution in [3.8, 4) is 11.5 Å². The number of ether oxygens (including phenoxy) is 2. The Morgan fingerprint density at radius 1 is 0.897 bits per heavy atom. The molecule has 1 aliphatic rings. The summed E-state index contributed by atoms with van der Waals surface area (Å²) in [4.78, 5) is 29.5. The van der Waals surface area contributed by atoms with Gasteiger partial charge in [-0.2, -0.15) is 0 Å². The zero-order valence-corrected chi connectivity index (χ0v) is 24.3. The molecule has 0 saturated heterocycles. The lowest BCUT2D eigenvalue weighted by Gasteiger charge is -2.32. The number of methoxy groups -OCH3 is 2. The number of halogens is 1. The normalized spacial score (nSPS) is 14.0. The van der Waals surface area contributed by atoms with Crippen LogP contribution in [0.2, 0.25) is 0 Å². The van der Waals surface area contributed by atoms with Crippen molar-refractivity contribution in [2.75, 3.05) is 14.2 Å². The summed E-state index contributed by atoms with van der Waals surface area (Å²) in [6.45, 7) is 0.355. The molecule has 0 bridgehead atoms. The summed E-state index contributed by atoms with van der Waals surface area (Å²) in [7, 11) is 3.20. The molecule has 206 valence electrons. The smallest absolute Gasteiger partial charge is 0.243 e. The lowest BCUT2D eigenvalue weighted by Crippen LogP contribution is -2.52. The van der Waals surface area contributed by atoms with Crippen LogP contribution in [0, 0.1) is 0 Å². The van der Waals surface area contributed by atoms with Crippen LogP contribution in [0.1, 0.15) is 48.8 Å². The number of nitrogens with one attached hydrogen (secondary N) is 1. The molecule has 0 spiro atoms. The first-order valence-corrected chi connectivity index (χ1v) is 14.3. The number of nitrogens with zero attached hydrogens (tertiary/aromatic N) is 1. The van der Waals surface area contributed by atoms with Crippen LogP contribution in [0.15, 0.2) is 77.3 Å². The highest BCUT2D eigenvalue weighted by molar-refractivity contribution is 9.10. The summed E-state index contributed by atoms with van der Waals surface area (Å²) in [5.74, 6) is 1.14. The second kappa shape index (κ2) is 14.2. The largest absolute Gasteiger partial charge is 0.493 e. The first-order chi connectivity index (χ1) is 19.0. The molecule has 7 heteroatoms. The molecule has 1 aliphatic carbocycles. The first kappa shape index (κ1) is 28.7. The minimum atomic E-state index is -0.616. The minimum absolute atomic E-state index is 0.0600. The quantitative estimate of drug-likeness (QED) is 0.276. The van der Waals surface area contributed by atoms with Crippen molar-refractivity contribution in [3.05, 3.63) is 94.0 Å². The minimum Gasteiger partial charge on any atom is -0.493 e. The number of carbonyl (C=O) groups is 2. The van der Waals surface area contributed by atoms with Gasteiger partial charge in [0.2, 0.25) is 11.8 Å². The SMILES string of the molecule is COc1ccc(CCC(=O)N(Cc2ccc(Br)cc2)[C@H](Cc2ccccc2)C(=O)NC2CCCC2)cc1OC. The average molecular weight is 594 g/mol. The van der Waals surface area contributed by atoms with E-state index in [1.165, 1.54) is 0 Å². The van der Waals surface area contributed by atoms with Crippen LogP contribution in [0.3, 0.4) is 0 Å². The molecule has 0 aromatic heterocycles. The molecule has 1 fully saturated rings. The Labute approximate surface area is 239 Å². The second-order valence-electron chi connectivity index (χ2n) is 10.0. The van der Waals surface area contributed by atoms with E-state index in [2.05, 4.69) is 21.2 Å². The third kappa shape index (κ3) is 8.09. The van der Waals surface area contributed by atoms with Crippen molar-refractivity contribution in [2.45, 2.75) is 63.6 Å². The summed E-state index contributed by atoms with van der Waals surface area (Å²) in [5, 5.41) is 3.26. The maximum absolute atomic E-state index is 13.9. The van der Waals surface area contributed by atoms with Gasteiger partial charge in [-0.3, -0.25) is 9.59 Å². The summed E-state index contributed by atoms with van der Waals surface area (Å²) in [5.41, 5.74) is 2.97. The van der Waals surface area contributed by atoms with Gasteiger partial charge in [0.15, 0.2) is 11.5 Å². The van der Waals surface area contributed by atoms with Crippen LogP contribution in [0.25, 0.3) is 0 Å². The first-order valence-electron chi connectivity index (χ1n) is 13.6. The van der Waals surface area contributed by atoms with Gasteiger partial charge in [-0.15, -0.1) is 0 Å². The predicted molar refractivity (Wildman–Crippen MR) is 157 cm³/mol. The van der Waals surface area contributed by atoms with Gasteiger partial charge < -0.3 is 19.7 Å². The van der Waals surface area contributed by atoms with Crippen LogP contribution in [0.4, 0.5) is 0 Å². The van der Waals surface area contributed by atoms with Gasteiger partial charge >= 0.3 is 0 Å². The van der Waals surface area contributed by atoms with Crippen molar-refractivity contribution < 1.29 is 19.1 Å². The number of hydrogen-bond donors (Lipinski definition) is 1. The summed E-state index contributed by atoms with van der Waals surface area (Å²) < 4.78 is 11.8. The number of rotatable bonds is 12. The fourth-order valence-corrected chi connectivity index (χ4v) is 5.40. The number of aryl methyl sites for hydroxylation is 1. The Balaban J connectivity index is 1.60. The average Bonchev–Trinajstić information content (AvgIpc) is 3.48. The zero-order valence-electron chi connectivity index (χ0n) is 22.7. The molecule has 0 unspecified atom stereocenters. The maximum Gasteiger partial charge on any atom is 0.243 e. The van der Waals surface area contributed by atoms with E-state index in [1.54, 1.807) is 19.1 Å². The number of benzene rings is 3. The molecule has 1 atom stereocenters. The van der Waals surface area contributed by atoms with Crippen molar-refractivity contribution >= 4 is 27.7 Å². The molecule has 3 aromatic carbocycles. The molecule has 1 N–H and O–H groups in total. The molecule has 1 saturated carbocycles. The van der Waals surface area contributed by atoms with E-state index in [-0.39, 0.29) is 24.3 Å². The molecular weight excluding hydrogens is 556 g/mol. The highest BCUT2D eigenvalue weighted by atomic mass is 79.9. The van der Waals surface area contributed by atoms with E-state index < -0.39 is 6.04 Å². The van der Waals surface area contributed by atoms with Crippen LogP contribution in [-0.4, -0.2) is 43.0 Å². The Bertz CT molecular complexity index is 1230. The van der Waals surface area contributed by atoms with E-state index in [4.69, 9.17) is 9.47 Å². The Morgan fingerprint density at radius 2 is 1.56 bits per heavy atom. The molecule has 4 rings (SSSR count). The molecule has 6 nitrogen and oxygen atoms in total. The Hall–Kier alpha value is -3.32. The standard InChI is InChI=1S/C32H37BrN2O4/c1-38-29-18-14-24(21-30(29)39-2)15-19-31(36)35(22-25-12-16-26(33)17-13-25)28(20-23-8-4-3-5-9-23)32(37)34-27-10-6-7-11-27/h3-5,8-9,12-14,16-18,21,27-28H,6-7,10-11,15,19-20,22H2,1-2H3,(H,34,37)/t28-/m1/s1. The zero-order chi connectivity index (χ0) is 27.6. The van der Waals surface area contributed by atoms with E-state index in [0.29, 0.717) is 30.9 Å². The van der Waals surface area contributed by atoms with Gasteiger partial charge in [0.05, 0.1) is 14.2 Å². The van der Waals surface area contributed by atoms with Gasteiger partial charge in [-0.25, -0.2) is 0 Å². The topological polar surface area (TPSA) is 67.9 Å². The fraction of sp³-hybridized carbons (Fsp3) is 0.375. The van der Waals surface area contributed by atoms with Crippen molar-refractivity contribution in [3.63, 3.8) is 0 Å². The highest BCUT2D eigenvalue weighted by Gasteiger charge is 2.32. The molecular formula is C32H37BrN2O4. The number of amides is 2. The van der Waals surface area contributed by atoms with Crippen LogP contribution in [-0.2, 0) is 29.0 Å². The van der Waals surface area contributed by atoms with Crippen LogP contribution < -0.4 is 14.8 Å². The van der Waals surface area contributed by atoms with Gasteiger partial charge in [-0.05, 0) is 60.2 Å². The van der Waals surface area contributed by atoms with Gasteiger partial charge in [0, 0.05) is 29.9 Å². The third-order valence-electron chi connectivity index (χ3n) is 7.31. The van der Waals surface area contributed by atoms with Crippen molar-refractivity contribution in [2.24, 2.45) is 0 Å². The van der Waals surface area contributed by atoms with E-state index in [0.717, 1.165) is 46.8 Å². The molecule has 0 radical (unpaired) electrons. The van der Waals surface area contributed by atoms with Crippen LogP contribution >= 0.6 is 15.9 Å². The van der Waals surface area contributed by atoms with Gasteiger partial charge in [0.1, 0.15) is 6.04 Å². The van der Waals surface area contributed by atoms with E-state index in [9.17, 15) is 9.59 Å². The van der Waals surface area contributed by atoms with E-state index in [1.807, 2.05) is 72.8 Å². The predicted octanol–water partition coefficient (Wildman–Crippen LogP) is 6.10. The Morgan fingerprint density at radius 3 is 2.23 bits per heavy atom. The number of hydrogen-bond acceptors (Lipinski definition) is 4. The summed E-state index contributed by atoms with van der Waals surface area (Å²) in [6, 6.07) is 23.1. The molecule has 39 heavy (non-hydrogen) atoms.